The molecule has 0 saturated carbocycles. The van der Waals surface area contributed by atoms with E-state index in [9.17, 15) is 4.79 Å². The monoisotopic (exact) mass is 205 g/mol. The van der Waals surface area contributed by atoms with Crippen molar-refractivity contribution >= 4 is 11.7 Å². The molecule has 1 aliphatic heterocycles. The maximum absolute atomic E-state index is 10.8. The van der Waals surface area contributed by atoms with Crippen molar-refractivity contribution in [3.8, 4) is 0 Å². The third-order valence-electron chi connectivity index (χ3n) is 2.15. The topological polar surface area (TPSA) is 65.5 Å². The van der Waals surface area contributed by atoms with E-state index in [1.165, 1.54) is 12.3 Å². The Labute approximate surface area is 87.0 Å². The zero-order valence-corrected chi connectivity index (χ0v) is 8.27. The Kier molecular flexibility index (Phi) is 2.29. The zero-order valence-electron chi connectivity index (χ0n) is 8.27. The molecule has 1 aromatic rings. The molecule has 0 saturated heterocycles. The van der Waals surface area contributed by atoms with Crippen LogP contribution >= 0.6 is 0 Å². The Morgan fingerprint density at radius 3 is 3.07 bits per heavy atom. The van der Waals surface area contributed by atoms with Gasteiger partial charge in [0.25, 0.3) is 0 Å². The quantitative estimate of drug-likeness (QED) is 0.739. The maximum Gasteiger partial charge on any atom is 0.335 e. The van der Waals surface area contributed by atoms with Gasteiger partial charge in [0.1, 0.15) is 0 Å². The van der Waals surface area contributed by atoms with Gasteiger partial charge in [-0.05, 0) is 12.1 Å². The number of nitrogens with zero attached hydrogens (tertiary/aromatic N) is 2. The number of hydrogen-bond acceptors (Lipinski definition) is 4. The summed E-state index contributed by atoms with van der Waals surface area (Å²) in [5.41, 5.74) is 1.75. The predicted molar refractivity (Wildman–Crippen MR) is 54.9 cm³/mol. The fraction of sp³-hybridized carbons (Fsp3) is 0.200. The van der Waals surface area contributed by atoms with Crippen molar-refractivity contribution < 1.29 is 9.90 Å². The molecule has 15 heavy (non-hydrogen) atoms. The summed E-state index contributed by atoms with van der Waals surface area (Å²) in [7, 11) is 1.93. The lowest BCUT2D eigenvalue weighted by atomic mass is 10.2. The molecule has 0 amide bonds. The van der Waals surface area contributed by atoms with Gasteiger partial charge in [-0.2, -0.15) is 0 Å². The number of hydrogen-bond donors (Lipinski definition) is 2. The van der Waals surface area contributed by atoms with Gasteiger partial charge in [-0.3, -0.25) is 4.98 Å². The molecule has 5 heteroatoms. The number of rotatable bonds is 2. The van der Waals surface area contributed by atoms with Crippen LogP contribution in [0.1, 0.15) is 16.1 Å². The van der Waals surface area contributed by atoms with Crippen LogP contribution < -0.4 is 5.32 Å². The van der Waals surface area contributed by atoms with Gasteiger partial charge in [0, 0.05) is 19.4 Å². The molecule has 2 rings (SSSR count). The average Bonchev–Trinajstić information content (AvgIpc) is 2.65. The Morgan fingerprint density at radius 1 is 1.67 bits per heavy atom. The Morgan fingerprint density at radius 2 is 2.47 bits per heavy atom. The second-order valence-electron chi connectivity index (χ2n) is 3.37. The number of carboxylic acids is 1. The lowest BCUT2D eigenvalue weighted by molar-refractivity contribution is 0.0696. The lowest BCUT2D eigenvalue weighted by Gasteiger charge is -2.03. The van der Waals surface area contributed by atoms with Crippen LogP contribution in [0.5, 0.6) is 0 Å². The van der Waals surface area contributed by atoms with Gasteiger partial charge in [0.2, 0.25) is 0 Å². The van der Waals surface area contributed by atoms with Crippen LogP contribution in [-0.2, 0) is 0 Å². The van der Waals surface area contributed by atoms with Gasteiger partial charge in [0.05, 0.1) is 23.6 Å². The predicted octanol–water partition coefficient (Wildman–Crippen LogP) is 0.571. The standard InChI is InChI=1S/C10H11N3O2/c1-13-5-9(12-6-13)8-4-7(10(14)15)2-3-11-8/h2-5,12H,6H2,1H3,(H,14,15). The first kappa shape index (κ1) is 9.51. The molecule has 0 spiro atoms. The van der Waals surface area contributed by atoms with Crippen LogP contribution in [0.2, 0.25) is 0 Å². The van der Waals surface area contributed by atoms with Crippen molar-refractivity contribution in [1.82, 2.24) is 15.2 Å². The Balaban J connectivity index is 2.33. The summed E-state index contributed by atoms with van der Waals surface area (Å²) >= 11 is 0. The molecule has 0 fully saturated rings. The van der Waals surface area contributed by atoms with E-state index in [0.29, 0.717) is 12.4 Å². The molecule has 0 radical (unpaired) electrons. The Hall–Kier alpha value is -2.04. The first-order valence-electron chi connectivity index (χ1n) is 4.52. The van der Waals surface area contributed by atoms with Gasteiger partial charge in [-0.25, -0.2) is 4.79 Å². The van der Waals surface area contributed by atoms with E-state index in [1.807, 2.05) is 18.1 Å². The summed E-state index contributed by atoms with van der Waals surface area (Å²) in [6.07, 6.45) is 3.40. The molecule has 0 aromatic carbocycles. The fourth-order valence-corrected chi connectivity index (χ4v) is 1.39. The van der Waals surface area contributed by atoms with E-state index in [-0.39, 0.29) is 5.56 Å². The van der Waals surface area contributed by atoms with Crippen molar-refractivity contribution in [3.63, 3.8) is 0 Å². The van der Waals surface area contributed by atoms with Gasteiger partial charge in [-0.1, -0.05) is 0 Å². The van der Waals surface area contributed by atoms with Crippen molar-refractivity contribution in [2.45, 2.75) is 0 Å². The van der Waals surface area contributed by atoms with Gasteiger partial charge < -0.3 is 15.3 Å². The van der Waals surface area contributed by atoms with E-state index in [0.717, 1.165) is 5.70 Å². The summed E-state index contributed by atoms with van der Waals surface area (Å²) in [5.74, 6) is -0.939. The molecule has 78 valence electrons. The first-order valence-corrected chi connectivity index (χ1v) is 4.52. The number of nitrogens with one attached hydrogen (secondary N) is 1. The summed E-state index contributed by atoms with van der Waals surface area (Å²) in [6.45, 7) is 0.717. The van der Waals surface area contributed by atoms with Gasteiger partial charge in [0.15, 0.2) is 0 Å². The zero-order chi connectivity index (χ0) is 10.8. The van der Waals surface area contributed by atoms with Crippen LogP contribution in [0, 0.1) is 0 Å². The van der Waals surface area contributed by atoms with Crippen LogP contribution in [0.15, 0.2) is 24.5 Å². The van der Waals surface area contributed by atoms with Crippen molar-refractivity contribution in [2.75, 3.05) is 13.7 Å². The number of carboxylic acid groups (broad SMARTS) is 1. The molecule has 2 N–H and O–H groups in total. The minimum absolute atomic E-state index is 0.247. The molecule has 0 aliphatic carbocycles. The first-order chi connectivity index (χ1) is 7.16. The molecule has 0 bridgehead atoms. The molecular formula is C10H11N3O2. The van der Waals surface area contributed by atoms with Crippen LogP contribution in [-0.4, -0.2) is 34.7 Å². The highest BCUT2D eigenvalue weighted by Crippen LogP contribution is 2.14. The van der Waals surface area contributed by atoms with Crippen LogP contribution in [0.3, 0.4) is 0 Å². The molecule has 2 heterocycles. The van der Waals surface area contributed by atoms with E-state index in [1.54, 1.807) is 6.07 Å². The normalized spacial score (nSPS) is 14.7. The van der Waals surface area contributed by atoms with Gasteiger partial charge in [-0.15, -0.1) is 0 Å². The molecular weight excluding hydrogens is 194 g/mol. The summed E-state index contributed by atoms with van der Waals surface area (Å²) in [4.78, 5) is 16.8. The number of aromatic carboxylic acids is 1. The largest absolute Gasteiger partial charge is 0.478 e. The fourth-order valence-electron chi connectivity index (χ4n) is 1.39. The van der Waals surface area contributed by atoms with Crippen molar-refractivity contribution in [2.24, 2.45) is 0 Å². The third kappa shape index (κ3) is 1.90. The molecule has 1 aliphatic rings. The SMILES string of the molecule is CN1C=C(c2cc(C(=O)O)ccn2)NC1. The molecule has 0 atom stereocenters. The van der Waals surface area contributed by atoms with E-state index in [4.69, 9.17) is 5.11 Å². The smallest absolute Gasteiger partial charge is 0.335 e. The van der Waals surface area contributed by atoms with Crippen LogP contribution in [0.4, 0.5) is 0 Å². The second-order valence-corrected chi connectivity index (χ2v) is 3.37. The minimum Gasteiger partial charge on any atom is -0.478 e. The third-order valence-corrected chi connectivity index (χ3v) is 2.15. The van der Waals surface area contributed by atoms with E-state index >= 15 is 0 Å². The van der Waals surface area contributed by atoms with E-state index in [2.05, 4.69) is 10.3 Å². The number of pyridine rings is 1. The van der Waals surface area contributed by atoms with Crippen molar-refractivity contribution in [3.05, 3.63) is 35.8 Å². The van der Waals surface area contributed by atoms with Crippen molar-refractivity contribution in [1.29, 1.82) is 0 Å². The number of aromatic nitrogens is 1. The highest BCUT2D eigenvalue weighted by atomic mass is 16.4. The van der Waals surface area contributed by atoms with Crippen LogP contribution in [0.25, 0.3) is 5.70 Å². The minimum atomic E-state index is -0.939. The highest BCUT2D eigenvalue weighted by Gasteiger charge is 2.12. The second kappa shape index (κ2) is 3.61. The van der Waals surface area contributed by atoms with Gasteiger partial charge >= 0.3 is 5.97 Å². The number of carbonyl (C=O) groups is 1. The molecule has 5 nitrogen and oxygen atoms in total. The molecule has 1 aromatic heterocycles. The highest BCUT2D eigenvalue weighted by molar-refractivity contribution is 5.88. The molecule has 0 unspecified atom stereocenters. The summed E-state index contributed by atoms with van der Waals surface area (Å²) in [6, 6.07) is 3.03. The summed E-state index contributed by atoms with van der Waals surface area (Å²) in [5, 5.41) is 11.9. The Bertz CT molecular complexity index is 428. The maximum atomic E-state index is 10.8. The average molecular weight is 205 g/mol. The summed E-state index contributed by atoms with van der Waals surface area (Å²) < 4.78 is 0. The van der Waals surface area contributed by atoms with E-state index < -0.39 is 5.97 Å². The lowest BCUT2D eigenvalue weighted by Crippen LogP contribution is -2.16.